The van der Waals surface area contributed by atoms with Gasteiger partial charge in [-0.2, -0.15) is 0 Å². The van der Waals surface area contributed by atoms with Crippen molar-refractivity contribution in [2.45, 2.75) is 65.4 Å². The number of hydrogen-bond donors (Lipinski definition) is 2. The predicted octanol–water partition coefficient (Wildman–Crippen LogP) is 3.03. The highest BCUT2D eigenvalue weighted by atomic mass is 16.7. The summed E-state index contributed by atoms with van der Waals surface area (Å²) in [6.07, 6.45) is -0.0868. The van der Waals surface area contributed by atoms with Crippen molar-refractivity contribution >= 4 is 12.0 Å². The number of rotatable bonds is 11. The molecule has 2 amide bonds. The molecule has 158 valence electrons. The smallest absolute Gasteiger partial charge is 0.408 e. The highest BCUT2D eigenvalue weighted by Gasteiger charge is 2.24. The van der Waals surface area contributed by atoms with Gasteiger partial charge in [-0.05, 0) is 40.2 Å². The Morgan fingerprint density at radius 2 is 1.64 bits per heavy atom. The third kappa shape index (κ3) is 10.3. The Labute approximate surface area is 168 Å². The molecule has 0 radical (unpaired) electrons. The van der Waals surface area contributed by atoms with Gasteiger partial charge >= 0.3 is 6.09 Å². The Balaban J connectivity index is 2.68. The molecule has 0 aliphatic rings. The number of benzene rings is 1. The summed E-state index contributed by atoms with van der Waals surface area (Å²) in [6.45, 7) is 10.6. The van der Waals surface area contributed by atoms with Crippen molar-refractivity contribution < 1.29 is 23.8 Å². The summed E-state index contributed by atoms with van der Waals surface area (Å²) in [6, 6.07) is 8.78. The van der Waals surface area contributed by atoms with Crippen molar-refractivity contribution in [1.29, 1.82) is 0 Å². The summed E-state index contributed by atoms with van der Waals surface area (Å²) in [7, 11) is 0. The molecule has 1 aromatic rings. The molecule has 0 fully saturated rings. The second-order valence-electron chi connectivity index (χ2n) is 7.31. The van der Waals surface area contributed by atoms with E-state index in [9.17, 15) is 9.59 Å². The van der Waals surface area contributed by atoms with E-state index in [1.54, 1.807) is 20.8 Å². The van der Waals surface area contributed by atoms with Crippen LogP contribution < -0.4 is 10.6 Å². The van der Waals surface area contributed by atoms with E-state index in [1.807, 2.05) is 44.2 Å². The second-order valence-corrected chi connectivity index (χ2v) is 7.31. The maximum atomic E-state index is 12.7. The van der Waals surface area contributed by atoms with Crippen LogP contribution in [0.25, 0.3) is 0 Å². The van der Waals surface area contributed by atoms with Crippen molar-refractivity contribution in [2.75, 3.05) is 19.8 Å². The number of hydrogen-bond acceptors (Lipinski definition) is 5. The Bertz CT molecular complexity index is 580. The summed E-state index contributed by atoms with van der Waals surface area (Å²) in [4.78, 5) is 24.8. The molecule has 7 nitrogen and oxygen atoms in total. The molecule has 0 aliphatic heterocycles. The van der Waals surface area contributed by atoms with Crippen molar-refractivity contribution in [3.05, 3.63) is 35.9 Å². The molecule has 0 aromatic heterocycles. The number of amides is 2. The highest BCUT2D eigenvalue weighted by Crippen LogP contribution is 2.09. The topological polar surface area (TPSA) is 85.9 Å². The number of nitrogens with one attached hydrogen (secondary N) is 2. The fourth-order valence-electron chi connectivity index (χ4n) is 2.53. The third-order valence-electron chi connectivity index (χ3n) is 3.67. The van der Waals surface area contributed by atoms with Crippen LogP contribution in [-0.2, 0) is 25.4 Å². The maximum absolute atomic E-state index is 12.7. The first-order valence-corrected chi connectivity index (χ1v) is 9.79. The van der Waals surface area contributed by atoms with Crippen LogP contribution in [0.2, 0.25) is 0 Å². The van der Waals surface area contributed by atoms with Crippen molar-refractivity contribution in [3.63, 3.8) is 0 Å². The van der Waals surface area contributed by atoms with Gasteiger partial charge in [-0.25, -0.2) is 4.79 Å². The van der Waals surface area contributed by atoms with Gasteiger partial charge in [0.15, 0.2) is 6.29 Å². The minimum atomic E-state index is -0.741. The monoisotopic (exact) mass is 394 g/mol. The van der Waals surface area contributed by atoms with Gasteiger partial charge in [0.2, 0.25) is 5.91 Å². The SMILES string of the molecule is CCOC(CCNC(=O)C(Cc1ccccc1)NC(=O)OC(C)(C)C)OCC. The van der Waals surface area contributed by atoms with Gasteiger partial charge in [0.25, 0.3) is 0 Å². The minimum Gasteiger partial charge on any atom is -0.444 e. The highest BCUT2D eigenvalue weighted by molar-refractivity contribution is 5.86. The Hall–Kier alpha value is -2.12. The molecule has 28 heavy (non-hydrogen) atoms. The fraction of sp³-hybridized carbons (Fsp3) is 0.619. The van der Waals surface area contributed by atoms with E-state index in [4.69, 9.17) is 14.2 Å². The lowest BCUT2D eigenvalue weighted by molar-refractivity contribution is -0.140. The molecule has 0 aliphatic carbocycles. The van der Waals surface area contributed by atoms with E-state index in [0.717, 1.165) is 5.56 Å². The lowest BCUT2D eigenvalue weighted by atomic mass is 10.1. The number of carbonyl (C=O) groups is 2. The zero-order valence-electron chi connectivity index (χ0n) is 17.6. The van der Waals surface area contributed by atoms with E-state index < -0.39 is 17.7 Å². The summed E-state index contributed by atoms with van der Waals surface area (Å²) >= 11 is 0. The lowest BCUT2D eigenvalue weighted by Crippen LogP contribution is -2.49. The van der Waals surface area contributed by atoms with Gasteiger partial charge < -0.3 is 24.8 Å². The Morgan fingerprint density at radius 3 is 2.18 bits per heavy atom. The summed E-state index contributed by atoms with van der Waals surface area (Å²) < 4.78 is 16.2. The molecule has 0 spiro atoms. The Kier molecular flexibility index (Phi) is 10.6. The molecule has 7 heteroatoms. The van der Waals surface area contributed by atoms with Crippen LogP contribution in [0.3, 0.4) is 0 Å². The zero-order chi connectivity index (χ0) is 21.0. The van der Waals surface area contributed by atoms with Crippen LogP contribution >= 0.6 is 0 Å². The Morgan fingerprint density at radius 1 is 1.04 bits per heavy atom. The van der Waals surface area contributed by atoms with Gasteiger partial charge in [0.1, 0.15) is 11.6 Å². The molecular formula is C21H34N2O5. The number of alkyl carbamates (subject to hydrolysis) is 1. The summed E-state index contributed by atoms with van der Waals surface area (Å²) in [5.74, 6) is -0.276. The maximum Gasteiger partial charge on any atom is 0.408 e. The number of ether oxygens (including phenoxy) is 3. The summed E-state index contributed by atoms with van der Waals surface area (Å²) in [5, 5.41) is 5.52. The minimum absolute atomic E-state index is 0.276. The first-order valence-electron chi connectivity index (χ1n) is 9.79. The van der Waals surface area contributed by atoms with Crippen LogP contribution in [0.15, 0.2) is 30.3 Å². The molecule has 1 rings (SSSR count). The molecule has 0 bridgehead atoms. The second kappa shape index (κ2) is 12.4. The molecule has 1 unspecified atom stereocenters. The predicted molar refractivity (Wildman–Crippen MR) is 108 cm³/mol. The van der Waals surface area contributed by atoms with Gasteiger partial charge in [0, 0.05) is 32.6 Å². The van der Waals surface area contributed by atoms with E-state index in [1.165, 1.54) is 0 Å². The number of carbonyl (C=O) groups excluding carboxylic acids is 2. The van der Waals surface area contributed by atoms with Gasteiger partial charge in [-0.1, -0.05) is 30.3 Å². The summed E-state index contributed by atoms with van der Waals surface area (Å²) in [5.41, 5.74) is 0.306. The van der Waals surface area contributed by atoms with Crippen LogP contribution in [0, 0.1) is 0 Å². The molecule has 0 saturated heterocycles. The lowest BCUT2D eigenvalue weighted by Gasteiger charge is -2.24. The zero-order valence-corrected chi connectivity index (χ0v) is 17.6. The van der Waals surface area contributed by atoms with Gasteiger partial charge in [-0.3, -0.25) is 4.79 Å². The molecule has 2 N–H and O–H groups in total. The van der Waals surface area contributed by atoms with Crippen LogP contribution in [0.1, 0.15) is 46.6 Å². The van der Waals surface area contributed by atoms with Crippen LogP contribution in [0.4, 0.5) is 4.79 Å². The van der Waals surface area contributed by atoms with Crippen molar-refractivity contribution in [1.82, 2.24) is 10.6 Å². The standard InChI is InChI=1S/C21H34N2O5/c1-6-26-18(27-7-2)13-14-22-19(24)17(15-16-11-9-8-10-12-16)23-20(25)28-21(3,4)5/h8-12,17-18H,6-7,13-15H2,1-5H3,(H,22,24)(H,23,25). The third-order valence-corrected chi connectivity index (χ3v) is 3.67. The molecule has 0 saturated carbocycles. The fourth-order valence-corrected chi connectivity index (χ4v) is 2.53. The first kappa shape index (κ1) is 23.9. The molecule has 1 aromatic carbocycles. The van der Waals surface area contributed by atoms with E-state index in [0.29, 0.717) is 32.6 Å². The normalized spacial score (nSPS) is 12.5. The van der Waals surface area contributed by atoms with Crippen molar-refractivity contribution in [2.24, 2.45) is 0 Å². The first-order chi connectivity index (χ1) is 13.2. The van der Waals surface area contributed by atoms with E-state index in [-0.39, 0.29) is 12.2 Å². The average Bonchev–Trinajstić information content (AvgIpc) is 2.60. The largest absolute Gasteiger partial charge is 0.444 e. The average molecular weight is 395 g/mol. The van der Waals surface area contributed by atoms with Crippen LogP contribution in [-0.4, -0.2) is 49.7 Å². The van der Waals surface area contributed by atoms with Gasteiger partial charge in [0.05, 0.1) is 0 Å². The van der Waals surface area contributed by atoms with Crippen LogP contribution in [0.5, 0.6) is 0 Å². The van der Waals surface area contributed by atoms with E-state index in [2.05, 4.69) is 10.6 Å². The quantitative estimate of drug-likeness (QED) is 0.564. The van der Waals surface area contributed by atoms with E-state index >= 15 is 0 Å². The van der Waals surface area contributed by atoms with Crippen molar-refractivity contribution in [3.8, 4) is 0 Å². The molecule has 1 atom stereocenters. The molecular weight excluding hydrogens is 360 g/mol. The van der Waals surface area contributed by atoms with Gasteiger partial charge in [-0.15, -0.1) is 0 Å². The molecule has 0 heterocycles.